The van der Waals surface area contributed by atoms with Gasteiger partial charge >= 0.3 is 0 Å². The van der Waals surface area contributed by atoms with Gasteiger partial charge in [0.2, 0.25) is 0 Å². The Morgan fingerprint density at radius 1 is 1.11 bits per heavy atom. The third kappa shape index (κ3) is 4.22. The summed E-state index contributed by atoms with van der Waals surface area (Å²) in [4.78, 5) is 2.58. The number of hydrogen-bond donors (Lipinski definition) is 2. The second kappa shape index (κ2) is 7.46. The van der Waals surface area contributed by atoms with Crippen molar-refractivity contribution in [3.05, 3.63) is 0 Å². The lowest BCUT2D eigenvalue weighted by atomic mass is 9.86. The molecule has 1 aliphatic carbocycles. The minimum absolute atomic E-state index is 0.0496. The molecule has 0 aromatic rings. The second-order valence-electron chi connectivity index (χ2n) is 6.14. The first-order valence-electron chi connectivity index (χ1n) is 7.93. The van der Waals surface area contributed by atoms with Gasteiger partial charge in [-0.1, -0.05) is 19.8 Å². The number of piperidine rings is 1. The van der Waals surface area contributed by atoms with Crippen molar-refractivity contribution in [2.24, 2.45) is 5.92 Å². The molecule has 1 aliphatic heterocycles. The van der Waals surface area contributed by atoms with Crippen LogP contribution in [-0.2, 0) is 0 Å². The van der Waals surface area contributed by atoms with Crippen LogP contribution in [0.2, 0.25) is 0 Å². The van der Waals surface area contributed by atoms with E-state index in [9.17, 15) is 5.11 Å². The largest absolute Gasteiger partial charge is 0.393 e. The molecule has 106 valence electrons. The van der Waals surface area contributed by atoms with Crippen LogP contribution in [0.25, 0.3) is 0 Å². The average molecular weight is 254 g/mol. The zero-order valence-corrected chi connectivity index (χ0v) is 11.9. The second-order valence-corrected chi connectivity index (χ2v) is 6.14. The van der Waals surface area contributed by atoms with Crippen LogP contribution >= 0.6 is 0 Å². The van der Waals surface area contributed by atoms with Crippen LogP contribution in [0.5, 0.6) is 0 Å². The van der Waals surface area contributed by atoms with Crippen molar-refractivity contribution >= 4 is 0 Å². The summed E-state index contributed by atoms with van der Waals surface area (Å²) in [6, 6.07) is 0.687. The Bertz CT molecular complexity index is 227. The highest BCUT2D eigenvalue weighted by molar-refractivity contribution is 4.81. The highest BCUT2D eigenvalue weighted by atomic mass is 16.3. The molecule has 2 aliphatic rings. The van der Waals surface area contributed by atoms with E-state index in [1.54, 1.807) is 0 Å². The predicted octanol–water partition coefficient (Wildman–Crippen LogP) is 2.00. The molecule has 0 radical (unpaired) electrons. The van der Waals surface area contributed by atoms with Crippen molar-refractivity contribution in [1.82, 2.24) is 10.2 Å². The molecule has 2 unspecified atom stereocenters. The van der Waals surface area contributed by atoms with E-state index in [-0.39, 0.29) is 6.10 Å². The summed E-state index contributed by atoms with van der Waals surface area (Å²) in [6.07, 6.45) is 8.53. The smallest absolute Gasteiger partial charge is 0.0580 e. The summed E-state index contributed by atoms with van der Waals surface area (Å²) < 4.78 is 0. The normalized spacial score (nSPS) is 31.7. The van der Waals surface area contributed by atoms with Crippen molar-refractivity contribution in [3.63, 3.8) is 0 Å². The third-order valence-corrected chi connectivity index (χ3v) is 4.67. The molecule has 1 saturated carbocycles. The molecule has 18 heavy (non-hydrogen) atoms. The van der Waals surface area contributed by atoms with E-state index < -0.39 is 0 Å². The highest BCUT2D eigenvalue weighted by Gasteiger charge is 2.24. The summed E-state index contributed by atoms with van der Waals surface area (Å²) in [7, 11) is 0. The van der Waals surface area contributed by atoms with Crippen LogP contribution in [0.1, 0.15) is 51.9 Å². The van der Waals surface area contributed by atoms with E-state index in [4.69, 9.17) is 0 Å². The lowest BCUT2D eigenvalue weighted by molar-refractivity contribution is 0.0660. The molecule has 0 amide bonds. The first-order valence-corrected chi connectivity index (χ1v) is 7.93. The van der Waals surface area contributed by atoms with Gasteiger partial charge in [0, 0.05) is 12.6 Å². The van der Waals surface area contributed by atoms with Crippen molar-refractivity contribution in [2.75, 3.05) is 26.2 Å². The molecule has 0 aromatic heterocycles. The third-order valence-electron chi connectivity index (χ3n) is 4.67. The molecule has 0 bridgehead atoms. The zero-order valence-electron chi connectivity index (χ0n) is 11.9. The number of hydrogen-bond acceptors (Lipinski definition) is 3. The van der Waals surface area contributed by atoms with Gasteiger partial charge in [0.1, 0.15) is 0 Å². The summed E-state index contributed by atoms with van der Waals surface area (Å²) in [5.41, 5.74) is 0. The van der Waals surface area contributed by atoms with Crippen molar-refractivity contribution < 1.29 is 5.11 Å². The predicted molar refractivity (Wildman–Crippen MR) is 75.7 cm³/mol. The molecule has 3 heteroatoms. The van der Waals surface area contributed by atoms with Gasteiger partial charge in [-0.15, -0.1) is 0 Å². The molecule has 0 aromatic carbocycles. The van der Waals surface area contributed by atoms with Gasteiger partial charge < -0.3 is 15.3 Å². The molecule has 1 heterocycles. The molecule has 2 fully saturated rings. The summed E-state index contributed by atoms with van der Waals surface area (Å²) in [5.74, 6) is 0.507. The summed E-state index contributed by atoms with van der Waals surface area (Å²) in [5, 5.41) is 13.7. The number of aliphatic hydroxyl groups is 1. The Morgan fingerprint density at radius 3 is 2.50 bits per heavy atom. The highest BCUT2D eigenvalue weighted by Crippen LogP contribution is 2.24. The standard InChI is InChI=1S/C15H30N2O/c1-2-9-17-10-7-14(8-11-17)16-12-13-5-3-4-6-15(13)18/h13-16,18H,2-12H2,1H3. The number of nitrogens with zero attached hydrogens (tertiary/aromatic N) is 1. The number of likely N-dealkylation sites (tertiary alicyclic amines) is 1. The van der Waals surface area contributed by atoms with Gasteiger partial charge in [0.25, 0.3) is 0 Å². The topological polar surface area (TPSA) is 35.5 Å². The Hall–Kier alpha value is -0.120. The van der Waals surface area contributed by atoms with Crippen LogP contribution in [-0.4, -0.2) is 48.3 Å². The van der Waals surface area contributed by atoms with Gasteiger partial charge in [-0.3, -0.25) is 0 Å². The molecular weight excluding hydrogens is 224 g/mol. The average Bonchev–Trinajstić information content (AvgIpc) is 2.40. The molecule has 3 nitrogen and oxygen atoms in total. The maximum atomic E-state index is 9.96. The zero-order chi connectivity index (χ0) is 12.8. The maximum absolute atomic E-state index is 9.96. The molecule has 1 saturated heterocycles. The Morgan fingerprint density at radius 2 is 1.83 bits per heavy atom. The molecule has 2 rings (SSSR count). The molecule has 2 atom stereocenters. The van der Waals surface area contributed by atoms with E-state index >= 15 is 0 Å². The van der Waals surface area contributed by atoms with E-state index in [0.717, 1.165) is 13.0 Å². The van der Waals surface area contributed by atoms with Crippen molar-refractivity contribution in [3.8, 4) is 0 Å². The van der Waals surface area contributed by atoms with E-state index in [2.05, 4.69) is 17.1 Å². The van der Waals surface area contributed by atoms with Gasteiger partial charge in [0.05, 0.1) is 6.10 Å². The fourth-order valence-corrected chi connectivity index (χ4v) is 3.42. The van der Waals surface area contributed by atoms with Gasteiger partial charge in [-0.2, -0.15) is 0 Å². The molecule has 2 N–H and O–H groups in total. The Balaban J connectivity index is 1.62. The molecular formula is C15H30N2O. The first-order chi connectivity index (χ1) is 8.79. The van der Waals surface area contributed by atoms with Gasteiger partial charge in [0.15, 0.2) is 0 Å². The molecule has 0 spiro atoms. The lowest BCUT2D eigenvalue weighted by Gasteiger charge is -2.34. The fraction of sp³-hybridized carbons (Fsp3) is 1.00. The summed E-state index contributed by atoms with van der Waals surface area (Å²) >= 11 is 0. The lowest BCUT2D eigenvalue weighted by Crippen LogP contribution is -2.45. The minimum atomic E-state index is -0.0496. The van der Waals surface area contributed by atoms with Crippen LogP contribution in [0.4, 0.5) is 0 Å². The monoisotopic (exact) mass is 254 g/mol. The number of rotatable bonds is 5. The van der Waals surface area contributed by atoms with Gasteiger partial charge in [-0.05, 0) is 57.7 Å². The Labute approximate surface area is 112 Å². The van der Waals surface area contributed by atoms with E-state index in [1.165, 1.54) is 58.2 Å². The maximum Gasteiger partial charge on any atom is 0.0580 e. The number of nitrogens with one attached hydrogen (secondary N) is 1. The van der Waals surface area contributed by atoms with Crippen LogP contribution in [0, 0.1) is 5.92 Å². The number of aliphatic hydroxyl groups excluding tert-OH is 1. The van der Waals surface area contributed by atoms with Crippen molar-refractivity contribution in [1.29, 1.82) is 0 Å². The van der Waals surface area contributed by atoms with E-state index in [1.807, 2.05) is 0 Å². The van der Waals surface area contributed by atoms with Crippen LogP contribution in [0.15, 0.2) is 0 Å². The minimum Gasteiger partial charge on any atom is -0.393 e. The quantitative estimate of drug-likeness (QED) is 0.788. The summed E-state index contributed by atoms with van der Waals surface area (Å²) in [6.45, 7) is 7.04. The first kappa shape index (κ1) is 14.3. The van der Waals surface area contributed by atoms with Crippen molar-refractivity contribution in [2.45, 2.75) is 64.0 Å². The van der Waals surface area contributed by atoms with Gasteiger partial charge in [-0.25, -0.2) is 0 Å². The Kier molecular flexibility index (Phi) is 5.93. The van der Waals surface area contributed by atoms with Crippen LogP contribution < -0.4 is 5.32 Å². The fourth-order valence-electron chi connectivity index (χ4n) is 3.42. The SMILES string of the molecule is CCCN1CCC(NCC2CCCCC2O)CC1. The van der Waals surface area contributed by atoms with Crippen LogP contribution in [0.3, 0.4) is 0 Å². The van der Waals surface area contributed by atoms with E-state index in [0.29, 0.717) is 12.0 Å².